The molecule has 102 valence electrons. The van der Waals surface area contributed by atoms with Crippen molar-refractivity contribution in [3.63, 3.8) is 0 Å². The van der Waals surface area contributed by atoms with Crippen molar-refractivity contribution in [2.24, 2.45) is 0 Å². The molecule has 0 radical (unpaired) electrons. The maximum Gasteiger partial charge on any atom is 0.405 e. The molecule has 0 saturated heterocycles. The Balaban J connectivity index is 2.69. The maximum absolute atomic E-state index is 12.3. The molecule has 1 N–H and O–H groups in total. The number of pyridine rings is 1. The summed E-state index contributed by atoms with van der Waals surface area (Å²) in [7, 11) is 1.42. The van der Waals surface area contributed by atoms with Crippen LogP contribution in [0.3, 0.4) is 0 Å². The second kappa shape index (κ2) is 6.04. The van der Waals surface area contributed by atoms with Crippen molar-refractivity contribution < 1.29 is 13.2 Å². The van der Waals surface area contributed by atoms with Gasteiger partial charge in [-0.05, 0) is 12.1 Å². The Morgan fingerprint density at radius 1 is 1.39 bits per heavy atom. The number of hydrogen-bond donors (Lipinski definition) is 1. The van der Waals surface area contributed by atoms with E-state index in [2.05, 4.69) is 10.3 Å². The van der Waals surface area contributed by atoms with Crippen molar-refractivity contribution in [1.82, 2.24) is 10.3 Å². The largest absolute Gasteiger partial charge is 0.405 e. The minimum absolute atomic E-state index is 0.309. The fraction of sp³-hybridized carbons (Fsp3) is 0.583. The fourth-order valence-electron chi connectivity index (χ4n) is 1.47. The second-order valence-corrected chi connectivity index (χ2v) is 4.51. The van der Waals surface area contributed by atoms with Gasteiger partial charge in [-0.1, -0.05) is 13.8 Å². The minimum atomic E-state index is -4.20. The highest BCUT2D eigenvalue weighted by atomic mass is 19.4. The molecule has 1 rings (SSSR count). The summed E-state index contributed by atoms with van der Waals surface area (Å²) in [6, 6.07) is 3.55. The van der Waals surface area contributed by atoms with Crippen LogP contribution in [0.15, 0.2) is 18.3 Å². The third kappa shape index (κ3) is 5.35. The fourth-order valence-corrected chi connectivity index (χ4v) is 1.47. The lowest BCUT2D eigenvalue weighted by Gasteiger charge is -2.21. The first-order valence-corrected chi connectivity index (χ1v) is 5.74. The van der Waals surface area contributed by atoms with Gasteiger partial charge in [0, 0.05) is 31.5 Å². The van der Waals surface area contributed by atoms with Gasteiger partial charge in [0.05, 0.1) is 5.69 Å². The van der Waals surface area contributed by atoms with Gasteiger partial charge in [-0.25, -0.2) is 0 Å². The van der Waals surface area contributed by atoms with Crippen molar-refractivity contribution in [2.45, 2.75) is 32.6 Å². The van der Waals surface area contributed by atoms with E-state index in [0.29, 0.717) is 18.3 Å². The van der Waals surface area contributed by atoms with E-state index in [9.17, 15) is 13.2 Å². The van der Waals surface area contributed by atoms with Gasteiger partial charge in [0.15, 0.2) is 0 Å². The minimum Gasteiger partial charge on any atom is -0.366 e. The number of nitrogens with one attached hydrogen (secondary N) is 1. The third-order valence-electron chi connectivity index (χ3n) is 2.35. The van der Waals surface area contributed by atoms with E-state index >= 15 is 0 Å². The zero-order valence-electron chi connectivity index (χ0n) is 10.8. The van der Waals surface area contributed by atoms with Crippen molar-refractivity contribution in [3.05, 3.63) is 24.0 Å². The zero-order chi connectivity index (χ0) is 13.8. The van der Waals surface area contributed by atoms with Crippen LogP contribution in [0, 0.1) is 0 Å². The van der Waals surface area contributed by atoms with E-state index in [1.807, 2.05) is 13.8 Å². The predicted octanol–water partition coefficient (Wildman–Crippen LogP) is 2.58. The molecule has 0 fully saturated rings. The van der Waals surface area contributed by atoms with E-state index in [-0.39, 0.29) is 0 Å². The second-order valence-electron chi connectivity index (χ2n) is 4.51. The van der Waals surface area contributed by atoms with Gasteiger partial charge in [0.25, 0.3) is 0 Å². The Morgan fingerprint density at radius 2 is 2.06 bits per heavy atom. The van der Waals surface area contributed by atoms with Gasteiger partial charge < -0.3 is 10.2 Å². The van der Waals surface area contributed by atoms with Gasteiger partial charge in [0.2, 0.25) is 0 Å². The van der Waals surface area contributed by atoms with Crippen molar-refractivity contribution in [2.75, 3.05) is 18.5 Å². The van der Waals surface area contributed by atoms with Crippen LogP contribution < -0.4 is 10.2 Å². The normalized spacial score (nSPS) is 11.9. The highest BCUT2D eigenvalue weighted by molar-refractivity contribution is 5.45. The van der Waals surface area contributed by atoms with Gasteiger partial charge in [-0.2, -0.15) is 13.2 Å². The Bertz CT molecular complexity index is 377. The van der Waals surface area contributed by atoms with Crippen LogP contribution in [-0.2, 0) is 6.54 Å². The zero-order valence-corrected chi connectivity index (χ0v) is 10.8. The molecule has 0 aromatic carbocycles. The summed E-state index contributed by atoms with van der Waals surface area (Å²) >= 11 is 0. The van der Waals surface area contributed by atoms with Gasteiger partial charge >= 0.3 is 6.18 Å². The summed E-state index contributed by atoms with van der Waals surface area (Å²) < 4.78 is 36.8. The van der Waals surface area contributed by atoms with Crippen molar-refractivity contribution in [1.29, 1.82) is 0 Å². The molecule has 0 aliphatic carbocycles. The first-order chi connectivity index (χ1) is 8.28. The van der Waals surface area contributed by atoms with Crippen LogP contribution in [0.4, 0.5) is 18.9 Å². The van der Waals surface area contributed by atoms with E-state index in [1.165, 1.54) is 18.1 Å². The molecule has 0 aliphatic heterocycles. The molecule has 0 unspecified atom stereocenters. The standard InChI is InChI=1S/C12H18F3N3/c1-9(2)17-7-10-6-11(4-5-16-10)18(3)8-12(13,14)15/h4-6,9,17H,7-8H2,1-3H3. The lowest BCUT2D eigenvalue weighted by atomic mass is 10.2. The number of rotatable bonds is 5. The molecule has 1 aromatic heterocycles. The summed E-state index contributed by atoms with van der Waals surface area (Å²) in [6.45, 7) is 3.58. The molecule has 3 nitrogen and oxygen atoms in total. The smallest absolute Gasteiger partial charge is 0.366 e. The van der Waals surface area contributed by atoms with Crippen LogP contribution in [0.5, 0.6) is 0 Å². The Hall–Kier alpha value is -1.30. The number of aromatic nitrogens is 1. The van der Waals surface area contributed by atoms with E-state index in [0.717, 1.165) is 5.69 Å². The summed E-state index contributed by atoms with van der Waals surface area (Å²) in [6.07, 6.45) is -2.67. The summed E-state index contributed by atoms with van der Waals surface area (Å²) in [5, 5.41) is 3.17. The summed E-state index contributed by atoms with van der Waals surface area (Å²) in [5.41, 5.74) is 1.25. The highest BCUT2D eigenvalue weighted by Gasteiger charge is 2.29. The Morgan fingerprint density at radius 3 is 2.61 bits per heavy atom. The number of halogens is 3. The van der Waals surface area contributed by atoms with Crippen LogP contribution in [-0.4, -0.2) is 30.8 Å². The molecule has 0 amide bonds. The van der Waals surface area contributed by atoms with Crippen molar-refractivity contribution in [3.8, 4) is 0 Å². The topological polar surface area (TPSA) is 28.2 Å². The van der Waals surface area contributed by atoms with Crippen LogP contribution in [0.25, 0.3) is 0 Å². The molecule has 0 saturated carbocycles. The SMILES string of the molecule is CC(C)NCc1cc(N(C)CC(F)(F)F)ccn1. The van der Waals surface area contributed by atoms with Gasteiger partial charge in [0.1, 0.15) is 6.54 Å². The quantitative estimate of drug-likeness (QED) is 0.883. The number of anilines is 1. The molecule has 0 aliphatic rings. The Labute approximate surface area is 105 Å². The summed E-state index contributed by atoms with van der Waals surface area (Å²) in [4.78, 5) is 5.29. The highest BCUT2D eigenvalue weighted by Crippen LogP contribution is 2.20. The molecular weight excluding hydrogens is 243 g/mol. The lowest BCUT2D eigenvalue weighted by molar-refractivity contribution is -0.119. The molecular formula is C12H18F3N3. The molecule has 1 aromatic rings. The lowest BCUT2D eigenvalue weighted by Crippen LogP contribution is -2.31. The number of hydrogen-bond acceptors (Lipinski definition) is 3. The van der Waals surface area contributed by atoms with Crippen LogP contribution in [0.2, 0.25) is 0 Å². The average Bonchev–Trinajstić information content (AvgIpc) is 2.24. The van der Waals surface area contributed by atoms with Crippen LogP contribution in [0.1, 0.15) is 19.5 Å². The van der Waals surface area contributed by atoms with Crippen molar-refractivity contribution >= 4 is 5.69 Å². The Kier molecular flexibility index (Phi) is 4.95. The average molecular weight is 261 g/mol. The number of alkyl halides is 3. The molecule has 6 heteroatoms. The third-order valence-corrected chi connectivity index (χ3v) is 2.35. The van der Waals surface area contributed by atoms with E-state index < -0.39 is 12.7 Å². The van der Waals surface area contributed by atoms with E-state index in [4.69, 9.17) is 0 Å². The monoisotopic (exact) mass is 261 g/mol. The first-order valence-electron chi connectivity index (χ1n) is 5.74. The first kappa shape index (κ1) is 14.8. The molecule has 0 atom stereocenters. The predicted molar refractivity (Wildman–Crippen MR) is 65.5 cm³/mol. The van der Waals surface area contributed by atoms with Gasteiger partial charge in [-0.3, -0.25) is 4.98 Å². The molecule has 0 spiro atoms. The summed E-state index contributed by atoms with van der Waals surface area (Å²) in [5.74, 6) is 0. The molecule has 1 heterocycles. The van der Waals surface area contributed by atoms with Gasteiger partial charge in [-0.15, -0.1) is 0 Å². The molecule has 18 heavy (non-hydrogen) atoms. The molecule has 0 bridgehead atoms. The van der Waals surface area contributed by atoms with Crippen LogP contribution >= 0.6 is 0 Å². The maximum atomic E-state index is 12.3. The number of nitrogens with zero attached hydrogens (tertiary/aromatic N) is 2. The van der Waals surface area contributed by atoms with E-state index in [1.54, 1.807) is 12.1 Å².